The summed E-state index contributed by atoms with van der Waals surface area (Å²) in [7, 11) is 0. The van der Waals surface area contributed by atoms with Crippen molar-refractivity contribution >= 4 is 22.9 Å². The molecule has 140 valence electrons. The number of anilines is 1. The minimum Gasteiger partial charge on any atom is -0.351 e. The maximum absolute atomic E-state index is 12.1. The molecule has 0 spiro atoms. The van der Waals surface area contributed by atoms with Crippen molar-refractivity contribution in [2.75, 3.05) is 31.1 Å². The smallest absolute Gasteiger partial charge is 0.222 e. The molecular formula is C19H23N7O. The molecular weight excluding hydrogens is 342 g/mol. The number of aromatic nitrogens is 5. The van der Waals surface area contributed by atoms with Crippen LogP contribution in [0.5, 0.6) is 0 Å². The van der Waals surface area contributed by atoms with Gasteiger partial charge in [0.1, 0.15) is 6.33 Å². The Morgan fingerprint density at radius 3 is 2.52 bits per heavy atom. The Hall–Kier alpha value is -3.03. The van der Waals surface area contributed by atoms with Crippen molar-refractivity contribution in [1.82, 2.24) is 29.9 Å². The van der Waals surface area contributed by atoms with Crippen LogP contribution in [-0.4, -0.2) is 61.9 Å². The van der Waals surface area contributed by atoms with Gasteiger partial charge in [0.25, 0.3) is 0 Å². The molecule has 2 aromatic heterocycles. The van der Waals surface area contributed by atoms with Gasteiger partial charge in [0.2, 0.25) is 5.91 Å². The fourth-order valence-electron chi connectivity index (χ4n) is 3.37. The van der Waals surface area contributed by atoms with Crippen molar-refractivity contribution in [3.8, 4) is 5.69 Å². The minimum absolute atomic E-state index is 0.232. The highest BCUT2D eigenvalue weighted by Crippen LogP contribution is 2.23. The normalized spacial score (nSPS) is 14.7. The van der Waals surface area contributed by atoms with Gasteiger partial charge in [-0.3, -0.25) is 4.79 Å². The molecule has 0 radical (unpaired) electrons. The Labute approximate surface area is 157 Å². The number of aryl methyl sites for hydroxylation is 1. The molecule has 27 heavy (non-hydrogen) atoms. The lowest BCUT2D eigenvalue weighted by atomic mass is 10.2. The topological polar surface area (TPSA) is 80.0 Å². The molecule has 1 aliphatic rings. The van der Waals surface area contributed by atoms with Crippen LogP contribution in [0.1, 0.15) is 25.3 Å². The first-order valence-electron chi connectivity index (χ1n) is 9.33. The van der Waals surface area contributed by atoms with Gasteiger partial charge in [-0.05, 0) is 25.5 Å². The minimum atomic E-state index is 0.232. The van der Waals surface area contributed by atoms with E-state index in [1.807, 2.05) is 43.0 Å². The van der Waals surface area contributed by atoms with Crippen LogP contribution in [0.3, 0.4) is 0 Å². The number of carbonyl (C=O) groups is 1. The van der Waals surface area contributed by atoms with E-state index in [1.54, 1.807) is 11.0 Å². The van der Waals surface area contributed by atoms with Gasteiger partial charge in [-0.15, -0.1) is 5.10 Å². The highest BCUT2D eigenvalue weighted by molar-refractivity contribution is 5.84. The number of amides is 1. The summed E-state index contributed by atoms with van der Waals surface area (Å²) >= 11 is 0. The summed E-state index contributed by atoms with van der Waals surface area (Å²) < 4.78 is 1.74. The van der Waals surface area contributed by atoms with Gasteiger partial charge in [-0.2, -0.15) is 4.68 Å². The van der Waals surface area contributed by atoms with Gasteiger partial charge in [0.15, 0.2) is 17.0 Å². The lowest BCUT2D eigenvalue weighted by molar-refractivity contribution is -0.131. The molecule has 3 heterocycles. The largest absolute Gasteiger partial charge is 0.351 e. The molecule has 0 unspecified atom stereocenters. The lowest BCUT2D eigenvalue weighted by Crippen LogP contribution is -2.49. The SMILES string of the molecule is CCCC(=O)N1CCN(c2ncnc3c2nnn3-c2ccc(C)cc2)CC1. The Bertz CT molecular complexity index is 942. The van der Waals surface area contributed by atoms with Gasteiger partial charge >= 0.3 is 0 Å². The number of benzene rings is 1. The van der Waals surface area contributed by atoms with E-state index in [0.717, 1.165) is 31.0 Å². The Kier molecular flexibility index (Phi) is 4.70. The van der Waals surface area contributed by atoms with Crippen LogP contribution < -0.4 is 4.90 Å². The number of hydrogen-bond donors (Lipinski definition) is 0. The van der Waals surface area contributed by atoms with Crippen LogP contribution in [-0.2, 0) is 4.79 Å². The summed E-state index contributed by atoms with van der Waals surface area (Å²) in [6.45, 7) is 6.96. The van der Waals surface area contributed by atoms with E-state index in [1.165, 1.54) is 5.56 Å². The van der Waals surface area contributed by atoms with Crippen LogP contribution in [0.4, 0.5) is 5.82 Å². The molecule has 1 saturated heterocycles. The number of nitrogens with zero attached hydrogens (tertiary/aromatic N) is 7. The fourth-order valence-corrected chi connectivity index (χ4v) is 3.37. The Morgan fingerprint density at radius 2 is 1.81 bits per heavy atom. The maximum atomic E-state index is 12.1. The number of carbonyl (C=O) groups excluding carboxylic acids is 1. The second kappa shape index (κ2) is 7.30. The third kappa shape index (κ3) is 3.34. The second-order valence-corrected chi connectivity index (χ2v) is 6.82. The molecule has 8 heteroatoms. The standard InChI is InChI=1S/C19H23N7O/c1-3-4-16(27)24-9-11-25(12-10-24)18-17-19(21-13-20-18)26(23-22-17)15-7-5-14(2)6-8-15/h5-8,13H,3-4,9-12H2,1-2H3. The van der Waals surface area contributed by atoms with Crippen molar-refractivity contribution < 1.29 is 4.79 Å². The molecule has 1 amide bonds. The summed E-state index contributed by atoms with van der Waals surface area (Å²) in [4.78, 5) is 25.0. The van der Waals surface area contributed by atoms with E-state index in [4.69, 9.17) is 0 Å². The number of rotatable bonds is 4. The predicted octanol–water partition coefficient (Wildman–Crippen LogP) is 1.97. The van der Waals surface area contributed by atoms with Crippen molar-refractivity contribution in [2.45, 2.75) is 26.7 Å². The third-order valence-corrected chi connectivity index (χ3v) is 4.89. The van der Waals surface area contributed by atoms with E-state index in [0.29, 0.717) is 30.7 Å². The maximum Gasteiger partial charge on any atom is 0.222 e. The molecule has 1 fully saturated rings. The van der Waals surface area contributed by atoms with Crippen molar-refractivity contribution in [3.63, 3.8) is 0 Å². The van der Waals surface area contributed by atoms with Crippen molar-refractivity contribution in [3.05, 3.63) is 36.2 Å². The van der Waals surface area contributed by atoms with Crippen LogP contribution >= 0.6 is 0 Å². The summed E-state index contributed by atoms with van der Waals surface area (Å²) in [5.74, 6) is 1.01. The first kappa shape index (κ1) is 17.4. The number of piperazine rings is 1. The zero-order valence-electron chi connectivity index (χ0n) is 15.7. The van der Waals surface area contributed by atoms with Crippen LogP contribution in [0.25, 0.3) is 16.9 Å². The van der Waals surface area contributed by atoms with Gasteiger partial charge < -0.3 is 9.80 Å². The molecule has 8 nitrogen and oxygen atoms in total. The molecule has 0 N–H and O–H groups in total. The number of fused-ring (bicyclic) bond motifs is 1. The zero-order chi connectivity index (χ0) is 18.8. The quantitative estimate of drug-likeness (QED) is 0.703. The summed E-state index contributed by atoms with van der Waals surface area (Å²) in [6, 6.07) is 8.08. The third-order valence-electron chi connectivity index (χ3n) is 4.89. The lowest BCUT2D eigenvalue weighted by Gasteiger charge is -2.35. The van der Waals surface area contributed by atoms with E-state index in [9.17, 15) is 4.79 Å². The van der Waals surface area contributed by atoms with Crippen LogP contribution in [0, 0.1) is 6.92 Å². The van der Waals surface area contributed by atoms with Gasteiger partial charge in [0.05, 0.1) is 5.69 Å². The molecule has 3 aromatic rings. The first-order chi connectivity index (χ1) is 13.2. The van der Waals surface area contributed by atoms with Crippen LogP contribution in [0.15, 0.2) is 30.6 Å². The van der Waals surface area contributed by atoms with E-state index in [2.05, 4.69) is 25.2 Å². The average Bonchev–Trinajstić information content (AvgIpc) is 3.13. The first-order valence-corrected chi connectivity index (χ1v) is 9.33. The van der Waals surface area contributed by atoms with E-state index < -0.39 is 0 Å². The average molecular weight is 365 g/mol. The van der Waals surface area contributed by atoms with E-state index >= 15 is 0 Å². The molecule has 0 saturated carbocycles. The van der Waals surface area contributed by atoms with E-state index in [-0.39, 0.29) is 5.91 Å². The summed E-state index contributed by atoms with van der Waals surface area (Å²) in [6.07, 6.45) is 3.05. The Balaban J connectivity index is 1.59. The highest BCUT2D eigenvalue weighted by atomic mass is 16.2. The molecule has 1 aliphatic heterocycles. The van der Waals surface area contributed by atoms with Gasteiger partial charge in [0, 0.05) is 32.6 Å². The van der Waals surface area contributed by atoms with Crippen LogP contribution in [0.2, 0.25) is 0 Å². The van der Waals surface area contributed by atoms with Gasteiger partial charge in [-0.1, -0.05) is 29.8 Å². The zero-order valence-corrected chi connectivity index (χ0v) is 15.7. The molecule has 0 atom stereocenters. The molecule has 0 aliphatic carbocycles. The number of hydrogen-bond acceptors (Lipinski definition) is 6. The fraction of sp³-hybridized carbons (Fsp3) is 0.421. The highest BCUT2D eigenvalue weighted by Gasteiger charge is 2.24. The molecule has 0 bridgehead atoms. The second-order valence-electron chi connectivity index (χ2n) is 6.82. The van der Waals surface area contributed by atoms with Crippen molar-refractivity contribution in [1.29, 1.82) is 0 Å². The van der Waals surface area contributed by atoms with Crippen molar-refractivity contribution in [2.24, 2.45) is 0 Å². The predicted molar refractivity (Wildman–Crippen MR) is 103 cm³/mol. The summed E-state index contributed by atoms with van der Waals surface area (Å²) in [5, 5.41) is 8.63. The Morgan fingerprint density at radius 1 is 1.07 bits per heavy atom. The molecule has 1 aromatic carbocycles. The molecule has 4 rings (SSSR count). The van der Waals surface area contributed by atoms with Gasteiger partial charge in [-0.25, -0.2) is 9.97 Å². The summed E-state index contributed by atoms with van der Waals surface area (Å²) in [5.41, 5.74) is 3.48. The monoisotopic (exact) mass is 365 g/mol.